The molecule has 1 amide bonds. The van der Waals surface area contributed by atoms with E-state index >= 15 is 0 Å². The standard InChI is InChI=1S/C22H28N6O3/c23-6-5-18(24)22(29)27-15-1-3-17(4-2-15)31-20-14-16(28-9-11-30-12-10-28)13-19-21(20)26-8-7-25-19/h5-8,13-15,17,24H,1-4,9-12,23H2,(H,27,29)/b6-5-,24-18?. The fourth-order valence-electron chi connectivity index (χ4n) is 4.06. The van der Waals surface area contributed by atoms with E-state index in [2.05, 4.69) is 32.3 Å². The number of hydrogen-bond donors (Lipinski definition) is 3. The Morgan fingerprint density at radius 3 is 2.68 bits per heavy atom. The first-order chi connectivity index (χ1) is 15.1. The first kappa shape index (κ1) is 21.0. The van der Waals surface area contributed by atoms with E-state index in [0.29, 0.717) is 13.2 Å². The zero-order valence-corrected chi connectivity index (χ0v) is 17.4. The quantitative estimate of drug-likeness (QED) is 0.603. The molecule has 0 spiro atoms. The van der Waals surface area contributed by atoms with Gasteiger partial charge >= 0.3 is 0 Å². The number of morpholine rings is 1. The Kier molecular flexibility index (Phi) is 6.61. The smallest absolute Gasteiger partial charge is 0.269 e. The van der Waals surface area contributed by atoms with Crippen molar-refractivity contribution in [3.63, 3.8) is 0 Å². The van der Waals surface area contributed by atoms with Crippen molar-refractivity contribution in [2.45, 2.75) is 37.8 Å². The molecule has 0 bridgehead atoms. The Labute approximate surface area is 181 Å². The van der Waals surface area contributed by atoms with Gasteiger partial charge in [0.15, 0.2) is 0 Å². The van der Waals surface area contributed by atoms with E-state index in [1.807, 2.05) is 0 Å². The Morgan fingerprint density at radius 2 is 1.94 bits per heavy atom. The maximum absolute atomic E-state index is 12.0. The fourth-order valence-corrected chi connectivity index (χ4v) is 4.06. The van der Waals surface area contributed by atoms with Gasteiger partial charge in [-0.3, -0.25) is 15.2 Å². The zero-order chi connectivity index (χ0) is 21.6. The summed E-state index contributed by atoms with van der Waals surface area (Å²) in [5.41, 5.74) is 7.76. The number of nitrogens with one attached hydrogen (secondary N) is 2. The highest BCUT2D eigenvalue weighted by atomic mass is 16.5. The van der Waals surface area contributed by atoms with Gasteiger partial charge in [0, 0.05) is 43.3 Å². The van der Waals surface area contributed by atoms with E-state index in [1.54, 1.807) is 12.4 Å². The number of fused-ring (bicyclic) bond motifs is 1. The van der Waals surface area contributed by atoms with Gasteiger partial charge in [0.2, 0.25) is 0 Å². The van der Waals surface area contributed by atoms with E-state index in [9.17, 15) is 4.79 Å². The molecule has 2 aliphatic rings. The van der Waals surface area contributed by atoms with Gasteiger partial charge < -0.3 is 25.4 Å². The third-order valence-electron chi connectivity index (χ3n) is 5.71. The summed E-state index contributed by atoms with van der Waals surface area (Å²) >= 11 is 0. The van der Waals surface area contributed by atoms with Crippen LogP contribution in [0.15, 0.2) is 36.8 Å². The van der Waals surface area contributed by atoms with Crippen molar-refractivity contribution in [3.8, 4) is 5.75 Å². The molecule has 1 saturated heterocycles. The Bertz CT molecular complexity index is 965. The predicted molar refractivity (Wildman–Crippen MR) is 118 cm³/mol. The van der Waals surface area contributed by atoms with Crippen LogP contribution in [0.5, 0.6) is 5.75 Å². The zero-order valence-electron chi connectivity index (χ0n) is 17.4. The number of nitrogens with two attached hydrogens (primary N) is 1. The molecular formula is C22H28N6O3. The molecule has 31 heavy (non-hydrogen) atoms. The van der Waals surface area contributed by atoms with Gasteiger partial charge in [-0.25, -0.2) is 4.98 Å². The summed E-state index contributed by atoms with van der Waals surface area (Å²) in [6, 6.07) is 4.14. The number of anilines is 1. The van der Waals surface area contributed by atoms with Crippen LogP contribution in [0.4, 0.5) is 5.69 Å². The Morgan fingerprint density at radius 1 is 1.19 bits per heavy atom. The normalized spacial score (nSPS) is 21.9. The van der Waals surface area contributed by atoms with Gasteiger partial charge in [0.1, 0.15) is 17.0 Å². The molecule has 164 valence electrons. The number of nitrogens with zero attached hydrogens (tertiary/aromatic N) is 3. The summed E-state index contributed by atoms with van der Waals surface area (Å²) in [7, 11) is 0. The maximum Gasteiger partial charge on any atom is 0.269 e. The third kappa shape index (κ3) is 5.11. The highest BCUT2D eigenvalue weighted by Crippen LogP contribution is 2.32. The lowest BCUT2D eigenvalue weighted by atomic mass is 9.92. The molecule has 1 saturated carbocycles. The van der Waals surface area contributed by atoms with Crippen molar-refractivity contribution in [3.05, 3.63) is 36.8 Å². The van der Waals surface area contributed by atoms with Crippen molar-refractivity contribution in [2.24, 2.45) is 5.73 Å². The first-order valence-corrected chi connectivity index (χ1v) is 10.7. The number of amides is 1. The van der Waals surface area contributed by atoms with Gasteiger partial charge in [-0.1, -0.05) is 0 Å². The van der Waals surface area contributed by atoms with E-state index in [0.717, 1.165) is 61.2 Å². The number of hydrogen-bond acceptors (Lipinski definition) is 8. The third-order valence-corrected chi connectivity index (χ3v) is 5.71. The second kappa shape index (κ2) is 9.74. The van der Waals surface area contributed by atoms with Gasteiger partial charge in [-0.05, 0) is 44.0 Å². The van der Waals surface area contributed by atoms with Crippen molar-refractivity contribution in [1.29, 1.82) is 5.41 Å². The molecule has 2 aromatic rings. The largest absolute Gasteiger partial charge is 0.488 e. The minimum Gasteiger partial charge on any atom is -0.488 e. The Balaban J connectivity index is 1.43. The van der Waals surface area contributed by atoms with Crippen molar-refractivity contribution >= 4 is 28.3 Å². The summed E-state index contributed by atoms with van der Waals surface area (Å²) in [5.74, 6) is 0.347. The van der Waals surface area contributed by atoms with E-state index < -0.39 is 5.91 Å². The summed E-state index contributed by atoms with van der Waals surface area (Å²) in [6.07, 6.45) is 9.13. The topological polar surface area (TPSA) is 126 Å². The molecule has 1 aliphatic carbocycles. The van der Waals surface area contributed by atoms with Gasteiger partial charge in [-0.15, -0.1) is 0 Å². The van der Waals surface area contributed by atoms with Crippen LogP contribution in [0.2, 0.25) is 0 Å². The van der Waals surface area contributed by atoms with Gasteiger partial charge in [-0.2, -0.15) is 0 Å². The van der Waals surface area contributed by atoms with E-state index in [1.165, 1.54) is 12.3 Å². The van der Waals surface area contributed by atoms with Crippen LogP contribution in [0.1, 0.15) is 25.7 Å². The van der Waals surface area contributed by atoms with Crippen LogP contribution in [-0.4, -0.2) is 60.0 Å². The molecule has 1 aliphatic heterocycles. The average Bonchev–Trinajstić information content (AvgIpc) is 2.81. The number of aromatic nitrogens is 2. The lowest BCUT2D eigenvalue weighted by molar-refractivity contribution is -0.115. The van der Waals surface area contributed by atoms with Crippen molar-refractivity contribution in [2.75, 3.05) is 31.2 Å². The molecular weight excluding hydrogens is 396 g/mol. The first-order valence-electron chi connectivity index (χ1n) is 10.7. The summed E-state index contributed by atoms with van der Waals surface area (Å²) in [4.78, 5) is 23.3. The second-order valence-electron chi connectivity index (χ2n) is 7.81. The van der Waals surface area contributed by atoms with Crippen LogP contribution >= 0.6 is 0 Å². The number of ether oxygens (including phenoxy) is 2. The molecule has 4 rings (SSSR count). The second-order valence-corrected chi connectivity index (χ2v) is 7.81. The molecule has 0 atom stereocenters. The number of benzene rings is 1. The molecule has 1 aromatic heterocycles. The van der Waals surface area contributed by atoms with Gasteiger partial charge in [0.25, 0.3) is 5.91 Å². The molecule has 2 heterocycles. The lowest BCUT2D eigenvalue weighted by Gasteiger charge is -2.31. The minimum atomic E-state index is -0.398. The molecule has 0 radical (unpaired) electrons. The SMILES string of the molecule is N=C(/C=C\N)C(=O)NC1CCC(Oc2cc(N3CCOCC3)cc3nccnc23)CC1. The Hall–Kier alpha value is -3.20. The van der Waals surface area contributed by atoms with Crippen molar-refractivity contribution in [1.82, 2.24) is 15.3 Å². The monoisotopic (exact) mass is 424 g/mol. The average molecular weight is 425 g/mol. The van der Waals surface area contributed by atoms with Crippen LogP contribution < -0.4 is 20.7 Å². The van der Waals surface area contributed by atoms with Crippen molar-refractivity contribution < 1.29 is 14.3 Å². The number of carbonyl (C=O) groups is 1. The van der Waals surface area contributed by atoms with Crippen LogP contribution in [0.3, 0.4) is 0 Å². The molecule has 4 N–H and O–H groups in total. The highest BCUT2D eigenvalue weighted by Gasteiger charge is 2.25. The molecule has 9 heteroatoms. The molecule has 0 unspecified atom stereocenters. The fraction of sp³-hybridized carbons (Fsp3) is 0.455. The molecule has 1 aromatic carbocycles. The number of rotatable bonds is 6. The van der Waals surface area contributed by atoms with E-state index in [-0.39, 0.29) is 17.9 Å². The summed E-state index contributed by atoms with van der Waals surface area (Å²) < 4.78 is 11.9. The lowest BCUT2D eigenvalue weighted by Crippen LogP contribution is -2.42. The van der Waals surface area contributed by atoms with Crippen LogP contribution in [0.25, 0.3) is 11.0 Å². The summed E-state index contributed by atoms with van der Waals surface area (Å²) in [5, 5.41) is 10.6. The molecule has 2 fully saturated rings. The van der Waals surface area contributed by atoms with Crippen LogP contribution in [0, 0.1) is 5.41 Å². The maximum atomic E-state index is 12.0. The van der Waals surface area contributed by atoms with E-state index in [4.69, 9.17) is 20.6 Å². The van der Waals surface area contributed by atoms with Crippen LogP contribution in [-0.2, 0) is 9.53 Å². The summed E-state index contributed by atoms with van der Waals surface area (Å²) in [6.45, 7) is 3.10. The molecule has 9 nitrogen and oxygen atoms in total. The predicted octanol–water partition coefficient (Wildman–Crippen LogP) is 1.76. The number of carbonyl (C=O) groups excluding carboxylic acids is 1. The highest BCUT2D eigenvalue weighted by molar-refractivity contribution is 6.42. The van der Waals surface area contributed by atoms with Gasteiger partial charge in [0.05, 0.1) is 24.8 Å². The minimum absolute atomic E-state index is 0.0371.